The summed E-state index contributed by atoms with van der Waals surface area (Å²) in [5.41, 5.74) is 2.67. The van der Waals surface area contributed by atoms with E-state index in [9.17, 15) is 4.79 Å². The number of likely N-dealkylation sites (N-methyl/N-ethyl adjacent to an activating group) is 1. The van der Waals surface area contributed by atoms with Crippen LogP contribution in [0.2, 0.25) is 0 Å². The number of methoxy groups -OCH3 is 1. The first-order valence-electron chi connectivity index (χ1n) is 8.59. The van der Waals surface area contributed by atoms with Gasteiger partial charge in [0, 0.05) is 12.4 Å². The minimum Gasteiger partial charge on any atom is -0.495 e. The Bertz CT molecular complexity index is 906. The molecule has 3 rings (SSSR count). The summed E-state index contributed by atoms with van der Waals surface area (Å²) in [5.74, 6) is 1.43. The molecular weight excluding hydrogens is 360 g/mol. The summed E-state index contributed by atoms with van der Waals surface area (Å²) in [6.45, 7) is 2.43. The van der Waals surface area contributed by atoms with Crippen LogP contribution in [0.25, 0.3) is 0 Å². The van der Waals surface area contributed by atoms with Gasteiger partial charge in [0.25, 0.3) is 0 Å². The Morgan fingerprint density at radius 2 is 1.89 bits per heavy atom. The fourth-order valence-corrected chi connectivity index (χ4v) is 3.30. The van der Waals surface area contributed by atoms with E-state index in [-0.39, 0.29) is 12.3 Å². The zero-order chi connectivity index (χ0) is 19.2. The first kappa shape index (κ1) is 18.9. The van der Waals surface area contributed by atoms with Crippen LogP contribution in [0, 0.1) is 6.92 Å². The molecule has 2 aromatic carbocycles. The minimum atomic E-state index is -0.0456. The Kier molecular flexibility index (Phi) is 6.08. The number of para-hydroxylation sites is 2. The van der Waals surface area contributed by atoms with Crippen LogP contribution in [-0.4, -0.2) is 25.0 Å². The van der Waals surface area contributed by atoms with Crippen molar-refractivity contribution >= 4 is 22.9 Å². The number of benzene rings is 2. The summed E-state index contributed by atoms with van der Waals surface area (Å²) in [4.78, 5) is 18.7. The van der Waals surface area contributed by atoms with Gasteiger partial charge in [-0.25, -0.2) is 4.98 Å². The number of amides is 1. The number of rotatable bonds is 7. The third-order valence-corrected chi connectivity index (χ3v) is 5.01. The number of carbonyl (C=O) groups excluding carboxylic acids is 1. The largest absolute Gasteiger partial charge is 0.495 e. The van der Waals surface area contributed by atoms with Gasteiger partial charge in [-0.2, -0.15) is 0 Å². The number of ether oxygens (including phenoxy) is 2. The first-order valence-corrected chi connectivity index (χ1v) is 9.47. The second-order valence-corrected chi connectivity index (χ2v) is 7.08. The Balaban J connectivity index is 1.59. The lowest BCUT2D eigenvalue weighted by atomic mass is 10.2. The van der Waals surface area contributed by atoms with Crippen LogP contribution >= 0.6 is 11.3 Å². The van der Waals surface area contributed by atoms with Crippen LogP contribution in [-0.2, 0) is 17.8 Å². The van der Waals surface area contributed by atoms with Crippen molar-refractivity contribution in [3.05, 3.63) is 70.2 Å². The van der Waals surface area contributed by atoms with Crippen molar-refractivity contribution in [2.45, 2.75) is 20.0 Å². The molecule has 0 aliphatic heterocycles. The van der Waals surface area contributed by atoms with Crippen molar-refractivity contribution in [2.75, 3.05) is 19.1 Å². The third-order valence-electron chi connectivity index (χ3n) is 4.14. The first-order chi connectivity index (χ1) is 13.1. The predicted molar refractivity (Wildman–Crippen MR) is 108 cm³/mol. The average Bonchev–Trinajstić information content (AvgIpc) is 3.14. The molecule has 27 heavy (non-hydrogen) atoms. The number of aryl methyl sites for hydroxylation is 1. The van der Waals surface area contributed by atoms with Gasteiger partial charge < -0.3 is 14.4 Å². The van der Waals surface area contributed by atoms with Crippen molar-refractivity contribution < 1.29 is 14.3 Å². The average molecular weight is 382 g/mol. The molecule has 0 saturated carbocycles. The number of carbonyl (C=O) groups is 1. The summed E-state index contributed by atoms with van der Waals surface area (Å²) in [7, 11) is 3.34. The number of anilines is 1. The number of hydrogen-bond donors (Lipinski definition) is 0. The van der Waals surface area contributed by atoms with E-state index in [4.69, 9.17) is 9.47 Å². The van der Waals surface area contributed by atoms with E-state index < -0.39 is 0 Å². The maximum atomic E-state index is 12.6. The third kappa shape index (κ3) is 4.86. The molecule has 0 aliphatic rings. The van der Waals surface area contributed by atoms with Crippen LogP contribution in [0.3, 0.4) is 0 Å². The Morgan fingerprint density at radius 1 is 1.15 bits per heavy atom. The molecule has 6 heteroatoms. The lowest BCUT2D eigenvalue weighted by Gasteiger charge is -2.19. The van der Waals surface area contributed by atoms with E-state index in [0.717, 1.165) is 22.1 Å². The Morgan fingerprint density at radius 3 is 2.63 bits per heavy atom. The zero-order valence-electron chi connectivity index (χ0n) is 15.6. The Hall–Kier alpha value is -2.86. The number of hydrogen-bond acceptors (Lipinski definition) is 5. The van der Waals surface area contributed by atoms with Crippen molar-refractivity contribution in [3.63, 3.8) is 0 Å². The lowest BCUT2D eigenvalue weighted by Crippen LogP contribution is -2.28. The highest BCUT2D eigenvalue weighted by atomic mass is 32.1. The van der Waals surface area contributed by atoms with Gasteiger partial charge in [-0.05, 0) is 31.2 Å². The van der Waals surface area contributed by atoms with Crippen LogP contribution in [0.15, 0.2) is 53.9 Å². The van der Waals surface area contributed by atoms with Crippen molar-refractivity contribution in [1.29, 1.82) is 0 Å². The predicted octanol–water partition coefficient (Wildman–Crippen LogP) is 4.24. The molecule has 1 heterocycles. The minimum absolute atomic E-state index is 0.0456. The maximum Gasteiger partial charge on any atom is 0.232 e. The topological polar surface area (TPSA) is 51.7 Å². The molecule has 0 saturated heterocycles. The smallest absolute Gasteiger partial charge is 0.232 e. The molecule has 0 aliphatic carbocycles. The van der Waals surface area contributed by atoms with Crippen LogP contribution in [0.5, 0.6) is 11.5 Å². The summed E-state index contributed by atoms with van der Waals surface area (Å²) >= 11 is 1.50. The molecule has 0 spiro atoms. The normalized spacial score (nSPS) is 10.5. The van der Waals surface area contributed by atoms with E-state index >= 15 is 0 Å². The van der Waals surface area contributed by atoms with Crippen molar-refractivity contribution in [2.24, 2.45) is 0 Å². The number of nitrogens with zero attached hydrogens (tertiary/aromatic N) is 2. The van der Waals surface area contributed by atoms with Gasteiger partial charge in [0.1, 0.15) is 23.1 Å². The van der Waals surface area contributed by atoms with Gasteiger partial charge in [-0.1, -0.05) is 29.8 Å². The highest BCUT2D eigenvalue weighted by Crippen LogP contribution is 2.27. The molecule has 0 atom stereocenters. The van der Waals surface area contributed by atoms with E-state index in [1.54, 1.807) is 19.1 Å². The molecule has 0 unspecified atom stereocenters. The standard InChI is InChI=1S/C21H22N2O3S/c1-15-8-10-17(11-9-15)26-13-20-22-16(14-27-20)12-21(24)23(2)18-6-4-5-7-19(18)25-3/h4-11,14H,12-13H2,1-3H3. The lowest BCUT2D eigenvalue weighted by molar-refractivity contribution is -0.117. The molecule has 5 nitrogen and oxygen atoms in total. The number of thiazole rings is 1. The summed E-state index contributed by atoms with van der Waals surface area (Å²) in [6, 6.07) is 15.3. The van der Waals surface area contributed by atoms with Crippen LogP contribution < -0.4 is 14.4 Å². The number of aromatic nitrogens is 1. The quantitative estimate of drug-likeness (QED) is 0.613. The molecule has 0 radical (unpaired) electrons. The van der Waals surface area contributed by atoms with Crippen molar-refractivity contribution in [1.82, 2.24) is 4.98 Å². The second kappa shape index (κ2) is 8.68. The van der Waals surface area contributed by atoms with Crippen LogP contribution in [0.4, 0.5) is 5.69 Å². The molecule has 1 amide bonds. The molecule has 1 aromatic heterocycles. The highest BCUT2D eigenvalue weighted by Gasteiger charge is 2.16. The van der Waals surface area contributed by atoms with Crippen molar-refractivity contribution in [3.8, 4) is 11.5 Å². The van der Waals surface area contributed by atoms with E-state index in [1.165, 1.54) is 16.9 Å². The van der Waals surface area contributed by atoms with Gasteiger partial charge in [0.05, 0.1) is 24.9 Å². The van der Waals surface area contributed by atoms with E-state index in [2.05, 4.69) is 4.98 Å². The summed E-state index contributed by atoms with van der Waals surface area (Å²) < 4.78 is 11.1. The van der Waals surface area contributed by atoms with Gasteiger partial charge >= 0.3 is 0 Å². The second-order valence-electron chi connectivity index (χ2n) is 6.14. The Labute approximate surface area is 163 Å². The molecular formula is C21H22N2O3S. The van der Waals surface area contributed by atoms with Crippen LogP contribution in [0.1, 0.15) is 16.3 Å². The van der Waals surface area contributed by atoms with Gasteiger partial charge in [0.15, 0.2) is 0 Å². The molecule has 0 N–H and O–H groups in total. The summed E-state index contributed by atoms with van der Waals surface area (Å²) in [5, 5.41) is 2.75. The fourth-order valence-electron chi connectivity index (χ4n) is 2.59. The fraction of sp³-hybridized carbons (Fsp3) is 0.238. The summed E-state index contributed by atoms with van der Waals surface area (Å²) in [6.07, 6.45) is 0.232. The monoisotopic (exact) mass is 382 g/mol. The van der Waals surface area contributed by atoms with E-state index in [1.807, 2.05) is 60.8 Å². The van der Waals surface area contributed by atoms with Gasteiger partial charge in [-0.3, -0.25) is 4.79 Å². The zero-order valence-corrected chi connectivity index (χ0v) is 16.5. The SMILES string of the molecule is COc1ccccc1N(C)C(=O)Cc1csc(COc2ccc(C)cc2)n1. The van der Waals surface area contributed by atoms with Gasteiger partial charge in [0.2, 0.25) is 5.91 Å². The highest BCUT2D eigenvalue weighted by molar-refractivity contribution is 7.09. The van der Waals surface area contributed by atoms with E-state index in [0.29, 0.717) is 12.4 Å². The van der Waals surface area contributed by atoms with Gasteiger partial charge in [-0.15, -0.1) is 11.3 Å². The molecule has 0 fully saturated rings. The molecule has 0 bridgehead atoms. The molecule has 3 aromatic rings. The molecule has 140 valence electrons. The maximum absolute atomic E-state index is 12.6.